The van der Waals surface area contributed by atoms with Gasteiger partial charge in [-0.25, -0.2) is 4.98 Å². The van der Waals surface area contributed by atoms with E-state index in [0.717, 1.165) is 48.7 Å². The largest absolute Gasteiger partial charge is 0.481 e. The zero-order valence-electron chi connectivity index (χ0n) is 10.1. The van der Waals surface area contributed by atoms with E-state index in [2.05, 4.69) is 9.97 Å². The predicted molar refractivity (Wildman–Crippen MR) is 68.5 cm³/mol. The van der Waals surface area contributed by atoms with Crippen LogP contribution >= 0.6 is 0 Å². The summed E-state index contributed by atoms with van der Waals surface area (Å²) in [6, 6.07) is 5.77. The number of benzene rings is 1. The lowest BCUT2D eigenvalue weighted by Gasteiger charge is -2.33. The first-order valence-electron chi connectivity index (χ1n) is 6.39. The van der Waals surface area contributed by atoms with Crippen molar-refractivity contribution in [3.8, 4) is 0 Å². The maximum absolute atomic E-state index is 11.7. The Balaban J connectivity index is 2.11. The van der Waals surface area contributed by atoms with Crippen LogP contribution in [-0.4, -0.2) is 21.0 Å². The molecule has 0 unspecified atom stereocenters. The van der Waals surface area contributed by atoms with Crippen LogP contribution in [0.2, 0.25) is 0 Å². The maximum atomic E-state index is 11.7. The number of aliphatic carboxylic acids is 1. The first-order chi connectivity index (χ1) is 8.72. The fourth-order valence-electron chi connectivity index (χ4n) is 3.01. The molecule has 0 atom stereocenters. The summed E-state index contributed by atoms with van der Waals surface area (Å²) >= 11 is 0. The minimum absolute atomic E-state index is 0.693. The summed E-state index contributed by atoms with van der Waals surface area (Å²) in [5.74, 6) is -0.693. The number of nitrogens with one attached hydrogen (secondary N) is 1. The van der Waals surface area contributed by atoms with Gasteiger partial charge in [-0.2, -0.15) is 0 Å². The molecule has 4 heteroatoms. The predicted octanol–water partition coefficient (Wildman–Crippen LogP) is 2.85. The lowest BCUT2D eigenvalue weighted by Crippen LogP contribution is -2.37. The number of hydrogen-bond acceptors (Lipinski definition) is 2. The minimum atomic E-state index is -0.697. The van der Waals surface area contributed by atoms with Gasteiger partial charge in [0.2, 0.25) is 0 Å². The van der Waals surface area contributed by atoms with Crippen LogP contribution < -0.4 is 0 Å². The average molecular weight is 244 g/mol. The fourth-order valence-corrected chi connectivity index (χ4v) is 3.01. The summed E-state index contributed by atoms with van der Waals surface area (Å²) in [4.78, 5) is 18.9. The molecule has 1 aliphatic carbocycles. The molecule has 94 valence electrons. The molecule has 1 aromatic heterocycles. The van der Waals surface area contributed by atoms with E-state index in [1.807, 2.05) is 18.2 Å². The van der Waals surface area contributed by atoms with Crippen molar-refractivity contribution in [1.82, 2.24) is 9.97 Å². The summed E-state index contributed by atoms with van der Waals surface area (Å²) in [6.07, 6.45) is 6.24. The summed E-state index contributed by atoms with van der Waals surface area (Å²) in [5, 5.41) is 9.64. The van der Waals surface area contributed by atoms with Crippen molar-refractivity contribution in [1.29, 1.82) is 0 Å². The van der Waals surface area contributed by atoms with Crippen LogP contribution in [0.5, 0.6) is 0 Å². The molecular weight excluding hydrogens is 228 g/mol. The zero-order chi connectivity index (χ0) is 12.6. The highest BCUT2D eigenvalue weighted by Gasteiger charge is 2.41. The second kappa shape index (κ2) is 4.12. The second-order valence-corrected chi connectivity index (χ2v) is 5.08. The number of nitrogens with zero attached hydrogens (tertiary/aromatic N) is 1. The molecular formula is C14H16N2O2. The van der Waals surface area contributed by atoms with E-state index in [1.165, 1.54) is 0 Å². The van der Waals surface area contributed by atoms with Crippen LogP contribution in [0.15, 0.2) is 24.5 Å². The highest BCUT2D eigenvalue weighted by Crippen LogP contribution is 2.40. The van der Waals surface area contributed by atoms with Crippen molar-refractivity contribution in [2.45, 2.75) is 37.5 Å². The Morgan fingerprint density at radius 1 is 1.28 bits per heavy atom. The van der Waals surface area contributed by atoms with E-state index in [0.29, 0.717) is 0 Å². The average Bonchev–Trinajstić information content (AvgIpc) is 2.86. The van der Waals surface area contributed by atoms with Gasteiger partial charge in [0.25, 0.3) is 0 Å². The van der Waals surface area contributed by atoms with Crippen LogP contribution in [0, 0.1) is 0 Å². The molecule has 1 aliphatic rings. The molecule has 0 aliphatic heterocycles. The molecule has 2 N–H and O–H groups in total. The molecule has 0 radical (unpaired) electrons. The SMILES string of the molecule is O=C(O)C1(c2ccc3nc[nH]c3c2)CCCCC1. The number of aromatic nitrogens is 2. The molecule has 1 saturated carbocycles. The van der Waals surface area contributed by atoms with Gasteiger partial charge in [0.1, 0.15) is 0 Å². The van der Waals surface area contributed by atoms with Gasteiger partial charge in [-0.05, 0) is 30.5 Å². The lowest BCUT2D eigenvalue weighted by atomic mass is 9.69. The molecule has 18 heavy (non-hydrogen) atoms. The number of carboxylic acid groups (broad SMARTS) is 1. The Morgan fingerprint density at radius 3 is 2.78 bits per heavy atom. The Labute approximate surface area is 105 Å². The smallest absolute Gasteiger partial charge is 0.314 e. The van der Waals surface area contributed by atoms with Gasteiger partial charge >= 0.3 is 5.97 Å². The third-order valence-corrected chi connectivity index (χ3v) is 4.09. The molecule has 1 heterocycles. The summed E-state index contributed by atoms with van der Waals surface area (Å²) in [7, 11) is 0. The van der Waals surface area contributed by atoms with Crippen LogP contribution in [0.1, 0.15) is 37.7 Å². The molecule has 0 saturated heterocycles. The first kappa shape index (κ1) is 11.3. The van der Waals surface area contributed by atoms with Crippen molar-refractivity contribution in [2.75, 3.05) is 0 Å². The van der Waals surface area contributed by atoms with E-state index in [4.69, 9.17) is 0 Å². The minimum Gasteiger partial charge on any atom is -0.481 e. The van der Waals surface area contributed by atoms with Gasteiger partial charge in [-0.1, -0.05) is 25.3 Å². The number of carbonyl (C=O) groups is 1. The van der Waals surface area contributed by atoms with Gasteiger partial charge in [0, 0.05) is 0 Å². The van der Waals surface area contributed by atoms with Crippen molar-refractivity contribution in [3.63, 3.8) is 0 Å². The number of H-pyrrole nitrogens is 1. The number of hydrogen-bond donors (Lipinski definition) is 2. The Hall–Kier alpha value is -1.84. The van der Waals surface area contributed by atoms with Crippen LogP contribution in [-0.2, 0) is 10.2 Å². The van der Waals surface area contributed by atoms with Gasteiger partial charge in [0.15, 0.2) is 0 Å². The van der Waals surface area contributed by atoms with Crippen LogP contribution in [0.3, 0.4) is 0 Å². The molecule has 2 aromatic rings. The molecule has 4 nitrogen and oxygen atoms in total. The lowest BCUT2D eigenvalue weighted by molar-refractivity contribution is -0.145. The summed E-state index contributed by atoms with van der Waals surface area (Å²) in [5.41, 5.74) is 2.01. The second-order valence-electron chi connectivity index (χ2n) is 5.08. The van der Waals surface area contributed by atoms with Crippen molar-refractivity contribution >= 4 is 17.0 Å². The zero-order valence-corrected chi connectivity index (χ0v) is 10.1. The quantitative estimate of drug-likeness (QED) is 0.853. The highest BCUT2D eigenvalue weighted by molar-refractivity contribution is 5.84. The monoisotopic (exact) mass is 244 g/mol. The topological polar surface area (TPSA) is 66.0 Å². The number of carboxylic acids is 1. The van der Waals surface area contributed by atoms with Gasteiger partial charge in [0.05, 0.1) is 22.8 Å². The van der Waals surface area contributed by atoms with Gasteiger partial charge in [-0.15, -0.1) is 0 Å². The van der Waals surface area contributed by atoms with Crippen molar-refractivity contribution < 1.29 is 9.90 Å². The number of imidazole rings is 1. The summed E-state index contributed by atoms with van der Waals surface area (Å²) in [6.45, 7) is 0. The van der Waals surface area contributed by atoms with E-state index in [9.17, 15) is 9.90 Å². The first-order valence-corrected chi connectivity index (χ1v) is 6.39. The normalized spacial score (nSPS) is 18.9. The fraction of sp³-hybridized carbons (Fsp3) is 0.429. The number of aromatic amines is 1. The van der Waals surface area contributed by atoms with Crippen LogP contribution in [0.25, 0.3) is 11.0 Å². The standard InChI is InChI=1S/C14H16N2O2/c17-13(18)14(6-2-1-3-7-14)10-4-5-11-12(8-10)16-9-15-11/h4-5,8-9H,1-3,6-7H2,(H,15,16)(H,17,18). The third-order valence-electron chi connectivity index (χ3n) is 4.09. The van der Waals surface area contributed by atoms with E-state index < -0.39 is 11.4 Å². The molecule has 0 bridgehead atoms. The van der Waals surface area contributed by atoms with E-state index in [-0.39, 0.29) is 0 Å². The molecule has 1 fully saturated rings. The molecule has 0 spiro atoms. The van der Waals surface area contributed by atoms with Crippen LogP contribution in [0.4, 0.5) is 0 Å². The Morgan fingerprint density at radius 2 is 2.06 bits per heavy atom. The van der Waals surface area contributed by atoms with Gasteiger partial charge in [-0.3, -0.25) is 4.79 Å². The third kappa shape index (κ3) is 1.60. The van der Waals surface area contributed by atoms with E-state index >= 15 is 0 Å². The van der Waals surface area contributed by atoms with E-state index in [1.54, 1.807) is 6.33 Å². The molecule has 0 amide bonds. The Kier molecular flexibility index (Phi) is 2.58. The number of fused-ring (bicyclic) bond motifs is 1. The molecule has 1 aromatic carbocycles. The highest BCUT2D eigenvalue weighted by atomic mass is 16.4. The molecule has 3 rings (SSSR count). The van der Waals surface area contributed by atoms with Gasteiger partial charge < -0.3 is 10.1 Å². The van der Waals surface area contributed by atoms with Crippen molar-refractivity contribution in [2.24, 2.45) is 0 Å². The number of rotatable bonds is 2. The van der Waals surface area contributed by atoms with Crippen molar-refractivity contribution in [3.05, 3.63) is 30.1 Å². The Bertz CT molecular complexity index is 582. The maximum Gasteiger partial charge on any atom is 0.314 e. The summed E-state index contributed by atoms with van der Waals surface area (Å²) < 4.78 is 0.